The molecule has 10 nitrogen and oxygen atoms in total. The molecule has 0 aliphatic carbocycles. The van der Waals surface area contributed by atoms with Crippen molar-refractivity contribution in [3.05, 3.63) is 17.2 Å². The van der Waals surface area contributed by atoms with Crippen LogP contribution in [0.1, 0.15) is 54.9 Å². The number of sulfonamides is 1. The highest BCUT2D eigenvalue weighted by atomic mass is 32.2. The van der Waals surface area contributed by atoms with Crippen molar-refractivity contribution in [3.8, 4) is 5.75 Å². The second-order valence-electron chi connectivity index (χ2n) is 10.6. The molecule has 0 saturated carbocycles. The lowest BCUT2D eigenvalue weighted by Crippen LogP contribution is -2.45. The van der Waals surface area contributed by atoms with Crippen LogP contribution < -0.4 is 9.80 Å². The molecular weight excluding hydrogens is 534 g/mol. The van der Waals surface area contributed by atoms with Gasteiger partial charge in [-0.05, 0) is 16.9 Å². The maximum atomic E-state index is 13.0. The van der Waals surface area contributed by atoms with Crippen molar-refractivity contribution >= 4 is 49.8 Å². The molecule has 0 fully saturated rings. The fourth-order valence-corrected chi connectivity index (χ4v) is 8.32. The Labute approximate surface area is 227 Å². The zero-order chi connectivity index (χ0) is 27.9. The lowest BCUT2D eigenvalue weighted by Gasteiger charge is -2.35. The molecule has 3 rings (SSSR count). The zero-order valence-corrected chi connectivity index (χ0v) is 25.5. The van der Waals surface area contributed by atoms with Crippen molar-refractivity contribution in [2.45, 2.75) is 71.2 Å². The van der Waals surface area contributed by atoms with Crippen LogP contribution in [0.15, 0.2) is 21.4 Å². The Hall–Kier alpha value is -1.93. The first-order chi connectivity index (χ1) is 17.1. The molecule has 3 heterocycles. The molecule has 2 unspecified atom stereocenters. The topological polar surface area (TPSA) is 122 Å². The molecule has 0 aromatic carbocycles. The first kappa shape index (κ1) is 29.6. The SMILES string of the molecule is CCN(CC)S(=O)(=O)c1scc(N(C)c2n[s+]([O-])nc2N(C)[C@H](C(C)C)C2CC(C(C)(C)C)=CO2)c1O. The van der Waals surface area contributed by atoms with Crippen LogP contribution in [0, 0.1) is 11.3 Å². The Bertz CT molecular complexity index is 1230. The number of hydrogen-bond donors (Lipinski definition) is 1. The smallest absolute Gasteiger partial charge is 0.256 e. The van der Waals surface area contributed by atoms with Gasteiger partial charge in [0.25, 0.3) is 10.0 Å². The van der Waals surface area contributed by atoms with E-state index in [-0.39, 0.29) is 44.9 Å². The minimum absolute atomic E-state index is 0.00624. The summed E-state index contributed by atoms with van der Waals surface area (Å²) in [7, 11) is -0.328. The van der Waals surface area contributed by atoms with Crippen LogP contribution >= 0.6 is 22.5 Å². The van der Waals surface area contributed by atoms with Gasteiger partial charge in [-0.15, -0.1) is 11.3 Å². The van der Waals surface area contributed by atoms with Gasteiger partial charge in [-0.3, -0.25) is 0 Å². The van der Waals surface area contributed by atoms with E-state index in [9.17, 15) is 18.1 Å². The third kappa shape index (κ3) is 5.75. The predicted octanol–water partition coefficient (Wildman–Crippen LogP) is 4.95. The summed E-state index contributed by atoms with van der Waals surface area (Å²) >= 11 is -0.902. The second-order valence-corrected chi connectivity index (χ2v) is 14.4. The molecule has 1 aliphatic rings. The summed E-state index contributed by atoms with van der Waals surface area (Å²) in [6.07, 6.45) is 2.50. The Morgan fingerprint density at radius 1 is 1.22 bits per heavy atom. The monoisotopic (exact) mass is 573 g/mol. The van der Waals surface area contributed by atoms with Crippen molar-refractivity contribution in [1.82, 2.24) is 13.1 Å². The van der Waals surface area contributed by atoms with E-state index in [0.29, 0.717) is 18.9 Å². The molecule has 0 amide bonds. The van der Waals surface area contributed by atoms with E-state index in [1.165, 1.54) is 9.88 Å². The number of aromatic hydroxyl groups is 1. The quantitative estimate of drug-likeness (QED) is 0.393. The summed E-state index contributed by atoms with van der Waals surface area (Å²) in [6.45, 7) is 14.8. The largest absolute Gasteiger partial charge is 0.546 e. The van der Waals surface area contributed by atoms with Crippen LogP contribution in [-0.4, -0.2) is 70.5 Å². The van der Waals surface area contributed by atoms with Crippen LogP contribution in [-0.2, 0) is 14.8 Å². The van der Waals surface area contributed by atoms with Gasteiger partial charge in [0, 0.05) is 47.7 Å². The Balaban J connectivity index is 1.96. The van der Waals surface area contributed by atoms with Crippen molar-refractivity contribution < 1.29 is 22.8 Å². The summed E-state index contributed by atoms with van der Waals surface area (Å²) in [5, 5.41) is 12.5. The highest BCUT2D eigenvalue weighted by Crippen LogP contribution is 2.45. The number of likely N-dealkylation sites (N-methyl/N-ethyl adjacent to an activating group) is 1. The summed E-state index contributed by atoms with van der Waals surface area (Å²) in [5.74, 6) is 0.492. The number of nitrogens with zero attached hydrogens (tertiary/aromatic N) is 5. The molecule has 208 valence electrons. The Kier molecular flexibility index (Phi) is 8.85. The molecule has 0 bridgehead atoms. The third-order valence-corrected chi connectivity index (χ3v) is 11.0. The van der Waals surface area contributed by atoms with Gasteiger partial charge < -0.3 is 24.2 Å². The summed E-state index contributed by atoms with van der Waals surface area (Å²) in [6, 6.07) is -0.0989. The number of aromatic nitrogens is 2. The number of thiophene rings is 1. The van der Waals surface area contributed by atoms with Crippen molar-refractivity contribution in [1.29, 1.82) is 0 Å². The maximum absolute atomic E-state index is 13.0. The lowest BCUT2D eigenvalue weighted by molar-refractivity contribution is 0.121. The van der Waals surface area contributed by atoms with E-state index in [2.05, 4.69) is 43.4 Å². The molecule has 0 saturated heterocycles. The van der Waals surface area contributed by atoms with Crippen molar-refractivity contribution in [2.24, 2.45) is 11.3 Å². The van der Waals surface area contributed by atoms with Gasteiger partial charge in [-0.1, -0.05) is 48.5 Å². The standard InChI is InChI=1S/C24H39N5O5S3/c1-10-29(11-2)37(32,33)23-20(30)17(14-35-23)27(8)21-22(26-36(31)25-21)28(9)19(15(3)4)18-12-16(13-34-18)24(5,6)7/h13-15,18-19,30H,10-12H2,1-9H3/t18?,19-,36?/m1/s1. The molecular formula is C24H39N5O5S3. The second kappa shape index (κ2) is 11.0. The highest BCUT2D eigenvalue weighted by Gasteiger charge is 2.39. The molecule has 1 N–H and O–H groups in total. The van der Waals surface area contributed by atoms with Crippen LogP contribution in [0.25, 0.3) is 0 Å². The molecule has 13 heteroatoms. The normalized spacial score (nSPS) is 17.8. The van der Waals surface area contributed by atoms with Crippen molar-refractivity contribution in [3.63, 3.8) is 0 Å². The number of ether oxygens (including phenoxy) is 1. The van der Waals surface area contributed by atoms with Crippen LogP contribution in [0.5, 0.6) is 5.75 Å². The van der Waals surface area contributed by atoms with Gasteiger partial charge in [0.15, 0.2) is 21.1 Å². The van der Waals surface area contributed by atoms with E-state index in [1.807, 2.05) is 18.2 Å². The maximum Gasteiger partial charge on any atom is 0.256 e. The van der Waals surface area contributed by atoms with E-state index in [1.54, 1.807) is 31.2 Å². The molecule has 0 spiro atoms. The fraction of sp³-hybridized carbons (Fsp3) is 0.667. The number of rotatable bonds is 10. The van der Waals surface area contributed by atoms with E-state index in [4.69, 9.17) is 4.74 Å². The van der Waals surface area contributed by atoms with E-state index in [0.717, 1.165) is 17.8 Å². The molecule has 1 aliphatic heterocycles. The van der Waals surface area contributed by atoms with E-state index < -0.39 is 21.2 Å². The Morgan fingerprint density at radius 3 is 2.32 bits per heavy atom. The number of anilines is 3. The average Bonchev–Trinajstić information content (AvgIpc) is 3.52. The fourth-order valence-electron chi connectivity index (χ4n) is 4.66. The highest BCUT2D eigenvalue weighted by molar-refractivity contribution is 7.91. The molecule has 0 radical (unpaired) electrons. The summed E-state index contributed by atoms with van der Waals surface area (Å²) in [4.78, 5) is 3.48. The average molecular weight is 574 g/mol. The van der Waals surface area contributed by atoms with Gasteiger partial charge in [0.1, 0.15) is 6.10 Å². The van der Waals surface area contributed by atoms with Gasteiger partial charge in [-0.25, -0.2) is 8.42 Å². The van der Waals surface area contributed by atoms with Gasteiger partial charge in [-0.2, -0.15) is 4.31 Å². The zero-order valence-electron chi connectivity index (χ0n) is 23.0. The number of hydrogen-bond acceptors (Lipinski definition) is 10. The first-order valence-corrected chi connectivity index (χ1v) is 15.7. The van der Waals surface area contributed by atoms with Crippen LogP contribution in [0.4, 0.5) is 17.3 Å². The van der Waals surface area contributed by atoms with Crippen LogP contribution in [0.3, 0.4) is 0 Å². The third-order valence-electron chi connectivity index (χ3n) is 6.82. The molecule has 3 atom stereocenters. The van der Waals surface area contributed by atoms with Gasteiger partial charge in [0.2, 0.25) is 11.6 Å². The minimum Gasteiger partial charge on any atom is -0.546 e. The molecule has 2 aromatic heterocycles. The minimum atomic E-state index is -3.85. The van der Waals surface area contributed by atoms with E-state index >= 15 is 0 Å². The van der Waals surface area contributed by atoms with Gasteiger partial charge >= 0.3 is 0 Å². The van der Waals surface area contributed by atoms with Crippen LogP contribution in [0.2, 0.25) is 0 Å². The molecule has 37 heavy (non-hydrogen) atoms. The molecule has 2 aromatic rings. The first-order valence-electron chi connectivity index (χ1n) is 12.4. The summed E-state index contributed by atoms with van der Waals surface area (Å²) < 4.78 is 54.3. The van der Waals surface area contributed by atoms with Crippen molar-refractivity contribution in [2.75, 3.05) is 37.0 Å². The lowest BCUT2D eigenvalue weighted by atomic mass is 9.83. The summed E-state index contributed by atoms with van der Waals surface area (Å²) in [5.41, 5.74) is 1.47. The van der Waals surface area contributed by atoms with Gasteiger partial charge in [0.05, 0.1) is 18.0 Å². The Morgan fingerprint density at radius 2 is 1.81 bits per heavy atom. The predicted molar refractivity (Wildman–Crippen MR) is 149 cm³/mol.